The number of Topliss-reactive ketones (excluding diaryl/α,β-unsaturated/α-hetero) is 1. The smallest absolute Gasteiger partial charge is 0.391 e. The number of aromatic nitrogens is 4. The van der Waals surface area contributed by atoms with Gasteiger partial charge in [-0.3, -0.25) is 9.78 Å². The number of nitrogens with one attached hydrogen (secondary N) is 2. The lowest BCUT2D eigenvalue weighted by molar-refractivity contribution is -0.120. The summed E-state index contributed by atoms with van der Waals surface area (Å²) < 4.78 is 16.0. The lowest BCUT2D eigenvalue weighted by Crippen LogP contribution is -2.42. The molecule has 12 heteroatoms. The van der Waals surface area contributed by atoms with Crippen molar-refractivity contribution in [2.75, 3.05) is 33.2 Å². The van der Waals surface area contributed by atoms with Crippen LogP contribution in [0.25, 0.3) is 0 Å². The first kappa shape index (κ1) is 24.4. The normalized spacial score (nSPS) is 12.7. The van der Waals surface area contributed by atoms with E-state index in [0.29, 0.717) is 30.0 Å². The molecule has 0 fully saturated rings. The number of carbonyl (C=O) groups is 1. The first-order valence-electron chi connectivity index (χ1n) is 9.53. The first-order valence-corrected chi connectivity index (χ1v) is 12.5. The van der Waals surface area contributed by atoms with E-state index in [4.69, 9.17) is 13.3 Å². The maximum absolute atomic E-state index is 12.1. The summed E-state index contributed by atoms with van der Waals surface area (Å²) >= 11 is 1.50. The molecule has 0 aliphatic heterocycles. The molecule has 0 aliphatic carbocycles. The van der Waals surface area contributed by atoms with E-state index in [1.54, 1.807) is 33.7 Å². The third kappa shape index (κ3) is 8.12. The van der Waals surface area contributed by atoms with Crippen molar-refractivity contribution >= 4 is 32.3 Å². The molecule has 0 aliphatic rings. The summed E-state index contributed by atoms with van der Waals surface area (Å²) in [5.41, 5.74) is 1.09. The Morgan fingerprint density at radius 1 is 1.30 bits per heavy atom. The van der Waals surface area contributed by atoms with E-state index < -0.39 is 14.9 Å². The molecule has 2 aromatic rings. The number of aliphatic hydroxyl groups is 1. The Bertz CT molecular complexity index is 754. The summed E-state index contributed by atoms with van der Waals surface area (Å²) in [6.07, 6.45) is 3.69. The second-order valence-electron chi connectivity index (χ2n) is 6.56. The number of rotatable bonds is 15. The number of nitrogens with zero attached hydrogens (tertiary/aromatic N) is 3. The standard InChI is InChI=1S/C18H29N5O5SSi/c1-26-30(27-2,28-3)9-5-7-15(24)10-16(25)12-20-17-21-18(23-22-17)29-13-14-6-4-8-19-11-14/h4,6,8,11,16,25H,5,7,9-10,12-13H2,1-3H3,(H2,20,21,22,23). The molecule has 10 nitrogen and oxygen atoms in total. The monoisotopic (exact) mass is 455 g/mol. The number of anilines is 1. The third-order valence-electron chi connectivity index (χ3n) is 4.40. The number of thioether (sulfide) groups is 1. The number of hydrogen-bond acceptors (Lipinski definition) is 10. The summed E-state index contributed by atoms with van der Waals surface area (Å²) in [4.78, 5) is 19.2. The van der Waals surface area contributed by atoms with Crippen LogP contribution in [0.5, 0.6) is 0 Å². The SMILES string of the molecule is CO[Si](CCCC(=O)CC(O)CNc1nnc(SCc2cccnc2)[nH]1)(OC)OC. The van der Waals surface area contributed by atoms with Crippen LogP contribution in [0.3, 0.4) is 0 Å². The van der Waals surface area contributed by atoms with Crippen LogP contribution in [0.2, 0.25) is 6.04 Å². The van der Waals surface area contributed by atoms with Crippen molar-refractivity contribution in [1.82, 2.24) is 20.2 Å². The lowest BCUT2D eigenvalue weighted by Gasteiger charge is -2.24. The van der Waals surface area contributed by atoms with Gasteiger partial charge in [-0.05, 0) is 18.1 Å². The molecule has 2 aromatic heterocycles. The van der Waals surface area contributed by atoms with Crippen LogP contribution in [0, 0.1) is 0 Å². The average Bonchev–Trinajstić information content (AvgIpc) is 3.23. The zero-order valence-electron chi connectivity index (χ0n) is 17.5. The van der Waals surface area contributed by atoms with E-state index in [2.05, 4.69) is 25.5 Å². The van der Waals surface area contributed by atoms with E-state index in [9.17, 15) is 9.90 Å². The topological polar surface area (TPSA) is 131 Å². The maximum Gasteiger partial charge on any atom is 0.500 e. The molecule has 1 unspecified atom stereocenters. The van der Waals surface area contributed by atoms with Crippen LogP contribution in [-0.2, 0) is 23.8 Å². The molecule has 0 saturated heterocycles. The van der Waals surface area contributed by atoms with Gasteiger partial charge in [0.2, 0.25) is 5.95 Å². The highest BCUT2D eigenvalue weighted by molar-refractivity contribution is 7.98. The second-order valence-corrected chi connectivity index (χ2v) is 10.6. The number of hydrogen-bond donors (Lipinski definition) is 3. The minimum absolute atomic E-state index is 0.0270. The molecule has 1 atom stereocenters. The minimum Gasteiger partial charge on any atom is -0.391 e. The highest BCUT2D eigenvalue weighted by Crippen LogP contribution is 2.19. The lowest BCUT2D eigenvalue weighted by atomic mass is 10.1. The molecule has 30 heavy (non-hydrogen) atoms. The molecule has 0 saturated carbocycles. The van der Waals surface area contributed by atoms with E-state index in [-0.39, 0.29) is 18.7 Å². The van der Waals surface area contributed by atoms with Gasteiger partial charge in [-0.2, -0.15) is 0 Å². The largest absolute Gasteiger partial charge is 0.500 e. The fraction of sp³-hybridized carbons (Fsp3) is 0.556. The molecular formula is C18H29N5O5SSi. The van der Waals surface area contributed by atoms with Crippen LogP contribution in [0.4, 0.5) is 5.95 Å². The fourth-order valence-corrected chi connectivity index (χ4v) is 5.20. The fourth-order valence-electron chi connectivity index (χ4n) is 2.74. The van der Waals surface area contributed by atoms with Gasteiger partial charge in [0, 0.05) is 64.9 Å². The number of carbonyl (C=O) groups excluding carboxylic acids is 1. The quantitative estimate of drug-likeness (QED) is 0.270. The van der Waals surface area contributed by atoms with E-state index in [1.165, 1.54) is 11.8 Å². The average molecular weight is 456 g/mol. The van der Waals surface area contributed by atoms with E-state index >= 15 is 0 Å². The zero-order chi connectivity index (χ0) is 21.8. The number of ketones is 1. The maximum atomic E-state index is 12.1. The van der Waals surface area contributed by atoms with Gasteiger partial charge in [-0.1, -0.05) is 17.8 Å². The van der Waals surface area contributed by atoms with Gasteiger partial charge in [0.1, 0.15) is 5.78 Å². The van der Waals surface area contributed by atoms with E-state index in [0.717, 1.165) is 11.3 Å². The predicted octanol–water partition coefficient (Wildman–Crippen LogP) is 1.88. The van der Waals surface area contributed by atoms with Gasteiger partial charge in [0.25, 0.3) is 0 Å². The number of aromatic amines is 1. The summed E-state index contributed by atoms with van der Waals surface area (Å²) in [7, 11) is 1.97. The van der Waals surface area contributed by atoms with Crippen LogP contribution < -0.4 is 5.32 Å². The summed E-state index contributed by atoms with van der Waals surface area (Å²) in [5, 5.41) is 21.8. The van der Waals surface area contributed by atoms with Crippen molar-refractivity contribution in [2.45, 2.75) is 42.3 Å². The van der Waals surface area contributed by atoms with Gasteiger partial charge in [-0.25, -0.2) is 0 Å². The summed E-state index contributed by atoms with van der Waals surface area (Å²) in [6.45, 7) is 0.195. The first-order chi connectivity index (χ1) is 14.5. The Morgan fingerprint density at radius 2 is 2.07 bits per heavy atom. The van der Waals surface area contributed by atoms with Gasteiger partial charge in [-0.15, -0.1) is 10.2 Å². The van der Waals surface area contributed by atoms with E-state index in [1.807, 2.05) is 12.1 Å². The molecule has 2 heterocycles. The molecule has 0 aromatic carbocycles. The Morgan fingerprint density at radius 3 is 2.73 bits per heavy atom. The van der Waals surface area contributed by atoms with Crippen molar-refractivity contribution in [3.05, 3.63) is 30.1 Å². The third-order valence-corrected chi connectivity index (χ3v) is 8.17. The van der Waals surface area contributed by atoms with Gasteiger partial charge in [0.15, 0.2) is 5.16 Å². The van der Waals surface area contributed by atoms with Gasteiger partial charge >= 0.3 is 8.80 Å². The number of pyridine rings is 1. The Labute approximate surface area is 181 Å². The number of aliphatic hydroxyl groups excluding tert-OH is 1. The van der Waals surface area contributed by atoms with Crippen molar-refractivity contribution in [3.8, 4) is 0 Å². The van der Waals surface area contributed by atoms with Crippen molar-refractivity contribution in [1.29, 1.82) is 0 Å². The Balaban J connectivity index is 1.66. The van der Waals surface area contributed by atoms with Crippen LogP contribution in [0.15, 0.2) is 29.7 Å². The predicted molar refractivity (Wildman–Crippen MR) is 115 cm³/mol. The Kier molecular flexibility index (Phi) is 10.4. The molecule has 3 N–H and O–H groups in total. The van der Waals surface area contributed by atoms with Crippen LogP contribution in [0.1, 0.15) is 24.8 Å². The van der Waals surface area contributed by atoms with Crippen LogP contribution in [-0.4, -0.2) is 73.8 Å². The summed E-state index contributed by atoms with van der Waals surface area (Å²) in [6, 6.07) is 4.43. The molecule has 0 radical (unpaired) electrons. The zero-order valence-corrected chi connectivity index (χ0v) is 19.3. The minimum atomic E-state index is -2.66. The van der Waals surface area contributed by atoms with Crippen molar-refractivity contribution in [2.24, 2.45) is 0 Å². The van der Waals surface area contributed by atoms with Gasteiger partial charge < -0.3 is 28.7 Å². The highest BCUT2D eigenvalue weighted by atomic mass is 32.2. The molecule has 2 rings (SSSR count). The van der Waals surface area contributed by atoms with Crippen molar-refractivity contribution in [3.63, 3.8) is 0 Å². The highest BCUT2D eigenvalue weighted by Gasteiger charge is 2.37. The molecule has 0 bridgehead atoms. The molecule has 166 valence electrons. The van der Waals surface area contributed by atoms with Crippen LogP contribution >= 0.6 is 11.8 Å². The second kappa shape index (κ2) is 12.8. The Hall–Kier alpha value is -1.83. The summed E-state index contributed by atoms with van der Waals surface area (Å²) in [5.74, 6) is 1.14. The van der Waals surface area contributed by atoms with Gasteiger partial charge in [0.05, 0.1) is 6.10 Å². The molecule has 0 spiro atoms. The molecular weight excluding hydrogens is 426 g/mol. The number of H-pyrrole nitrogens is 1. The molecule has 0 amide bonds. The van der Waals surface area contributed by atoms with Crippen molar-refractivity contribution < 1.29 is 23.2 Å².